The molecular formula is C24H24N3O4S2+. The Bertz CT molecular complexity index is 1330. The molecule has 0 fully saturated rings. The molecule has 33 heavy (non-hydrogen) atoms. The van der Waals surface area contributed by atoms with Crippen LogP contribution in [0, 0.1) is 6.92 Å². The van der Waals surface area contributed by atoms with Crippen molar-refractivity contribution < 1.29 is 21.8 Å². The zero-order valence-electron chi connectivity index (χ0n) is 18.5. The van der Waals surface area contributed by atoms with Crippen LogP contribution in [0.15, 0.2) is 77.7 Å². The lowest BCUT2D eigenvalue weighted by atomic mass is 10.2. The van der Waals surface area contributed by atoms with Gasteiger partial charge in [-0.3, -0.25) is 0 Å². The Morgan fingerprint density at radius 1 is 0.879 bits per heavy atom. The van der Waals surface area contributed by atoms with E-state index in [1.807, 2.05) is 55.5 Å². The van der Waals surface area contributed by atoms with Gasteiger partial charge in [-0.2, -0.15) is 3.96 Å². The summed E-state index contributed by atoms with van der Waals surface area (Å²) in [4.78, 5) is 4.98. The van der Waals surface area contributed by atoms with E-state index in [0.29, 0.717) is 16.7 Å². The van der Waals surface area contributed by atoms with E-state index < -0.39 is 9.84 Å². The van der Waals surface area contributed by atoms with E-state index in [9.17, 15) is 8.42 Å². The maximum atomic E-state index is 13.1. The zero-order valence-corrected chi connectivity index (χ0v) is 20.1. The Morgan fingerprint density at radius 3 is 2.03 bits per heavy atom. The molecule has 0 aliphatic carbocycles. The minimum absolute atomic E-state index is 0.223. The predicted octanol–water partition coefficient (Wildman–Crippen LogP) is 4.60. The number of ether oxygens (including phenoxy) is 2. The zero-order chi connectivity index (χ0) is 23.4. The summed E-state index contributed by atoms with van der Waals surface area (Å²) in [5.41, 5.74) is 2.61. The lowest BCUT2D eigenvalue weighted by Crippen LogP contribution is -2.36. The van der Waals surface area contributed by atoms with Gasteiger partial charge in [-0.1, -0.05) is 17.7 Å². The number of anilines is 2. The fraction of sp³-hybridized carbons (Fsp3) is 0.167. The Hall–Kier alpha value is -3.43. The van der Waals surface area contributed by atoms with Crippen molar-refractivity contribution in [3.8, 4) is 22.9 Å². The van der Waals surface area contributed by atoms with Crippen LogP contribution in [0.1, 0.15) is 5.56 Å². The average molecular weight is 483 g/mol. The van der Waals surface area contributed by atoms with Crippen LogP contribution in [0.2, 0.25) is 0 Å². The van der Waals surface area contributed by atoms with E-state index in [4.69, 9.17) is 14.5 Å². The first-order valence-electron chi connectivity index (χ1n) is 10.1. The van der Waals surface area contributed by atoms with Crippen LogP contribution in [-0.2, 0) is 15.7 Å². The molecule has 0 aliphatic rings. The Morgan fingerprint density at radius 2 is 1.45 bits per heavy atom. The fourth-order valence-electron chi connectivity index (χ4n) is 3.18. The number of aromatic nitrogens is 2. The number of nitrogens with one attached hydrogen (secondary N) is 1. The van der Waals surface area contributed by atoms with Crippen molar-refractivity contribution in [1.29, 1.82) is 0 Å². The molecule has 4 aromatic rings. The summed E-state index contributed by atoms with van der Waals surface area (Å²) in [5, 5.41) is 3.83. The first kappa shape index (κ1) is 22.8. The molecule has 0 amide bonds. The van der Waals surface area contributed by atoms with Crippen LogP contribution in [0.3, 0.4) is 0 Å². The molecule has 0 saturated carbocycles. The van der Waals surface area contributed by atoms with Crippen LogP contribution in [-0.4, -0.2) is 27.6 Å². The second-order valence-corrected chi connectivity index (χ2v) is 10.3. The summed E-state index contributed by atoms with van der Waals surface area (Å²) in [6, 6.07) is 21.7. The molecule has 0 spiro atoms. The lowest BCUT2D eigenvalue weighted by molar-refractivity contribution is -0.597. The molecule has 0 bridgehead atoms. The average Bonchev–Trinajstić information content (AvgIpc) is 3.21. The minimum atomic E-state index is -3.58. The highest BCUT2D eigenvalue weighted by molar-refractivity contribution is 7.90. The normalized spacial score (nSPS) is 11.2. The van der Waals surface area contributed by atoms with E-state index in [-0.39, 0.29) is 10.8 Å². The summed E-state index contributed by atoms with van der Waals surface area (Å²) in [6.07, 6.45) is 0. The monoisotopic (exact) mass is 482 g/mol. The molecule has 1 aromatic heterocycles. The van der Waals surface area contributed by atoms with Gasteiger partial charge in [0.1, 0.15) is 23.0 Å². The summed E-state index contributed by atoms with van der Waals surface area (Å²) in [7, 11) is -0.364. The maximum absolute atomic E-state index is 13.1. The first-order chi connectivity index (χ1) is 15.9. The van der Waals surface area contributed by atoms with E-state index in [1.165, 1.54) is 11.5 Å². The van der Waals surface area contributed by atoms with Crippen molar-refractivity contribution in [2.75, 3.05) is 19.5 Å². The van der Waals surface area contributed by atoms with Crippen LogP contribution in [0.25, 0.3) is 11.4 Å². The molecule has 9 heteroatoms. The number of nitrogens with zero attached hydrogens (tertiary/aromatic N) is 2. The summed E-state index contributed by atoms with van der Waals surface area (Å²) in [5.74, 6) is 1.79. The van der Waals surface area contributed by atoms with Crippen LogP contribution < -0.4 is 18.7 Å². The third kappa shape index (κ3) is 5.32. The van der Waals surface area contributed by atoms with Gasteiger partial charge < -0.3 is 14.8 Å². The minimum Gasteiger partial charge on any atom is -0.497 e. The largest absolute Gasteiger partial charge is 0.497 e. The van der Waals surface area contributed by atoms with Gasteiger partial charge in [0, 0.05) is 5.69 Å². The smallest absolute Gasteiger partial charge is 0.346 e. The highest BCUT2D eigenvalue weighted by Crippen LogP contribution is 2.26. The molecule has 1 N–H and O–H groups in total. The second-order valence-electron chi connectivity index (χ2n) is 7.35. The molecule has 1 heterocycles. The van der Waals surface area contributed by atoms with Gasteiger partial charge in [-0.05, 0) is 72.6 Å². The Kier molecular flexibility index (Phi) is 6.62. The SMILES string of the molecule is COc1ccc(Nc2nc(-c3ccc(OC)cc3)[n+](CS(=O)(=O)c3ccc(C)cc3)s2)cc1. The predicted molar refractivity (Wildman–Crippen MR) is 129 cm³/mol. The highest BCUT2D eigenvalue weighted by atomic mass is 32.2. The number of hydrogen-bond acceptors (Lipinski definition) is 7. The van der Waals surface area contributed by atoms with Crippen LogP contribution in [0.5, 0.6) is 11.5 Å². The molecule has 0 aliphatic heterocycles. The topological polar surface area (TPSA) is 81.4 Å². The van der Waals surface area contributed by atoms with Gasteiger partial charge >= 0.3 is 11.0 Å². The van der Waals surface area contributed by atoms with Crippen LogP contribution in [0.4, 0.5) is 10.8 Å². The third-order valence-electron chi connectivity index (χ3n) is 5.00. The van der Waals surface area contributed by atoms with Gasteiger partial charge in [0.25, 0.3) is 0 Å². The van der Waals surface area contributed by atoms with E-state index in [2.05, 4.69) is 5.32 Å². The molecule has 0 unspecified atom stereocenters. The van der Waals surface area contributed by atoms with Crippen LogP contribution >= 0.6 is 11.5 Å². The van der Waals surface area contributed by atoms with E-state index in [0.717, 1.165) is 22.6 Å². The maximum Gasteiger partial charge on any atom is 0.346 e. The summed E-state index contributed by atoms with van der Waals surface area (Å²) >= 11 is 1.25. The van der Waals surface area contributed by atoms with Crippen molar-refractivity contribution in [3.05, 3.63) is 78.4 Å². The molecule has 0 atom stereocenters. The number of hydrogen-bond donors (Lipinski definition) is 1. The number of sulfone groups is 1. The quantitative estimate of drug-likeness (QED) is 0.370. The molecular weight excluding hydrogens is 458 g/mol. The Balaban J connectivity index is 1.70. The van der Waals surface area contributed by atoms with Crippen molar-refractivity contribution in [1.82, 2.24) is 4.98 Å². The summed E-state index contributed by atoms with van der Waals surface area (Å²) in [6.45, 7) is 1.92. The number of benzene rings is 3. The van der Waals surface area contributed by atoms with E-state index >= 15 is 0 Å². The van der Waals surface area contributed by atoms with Crippen molar-refractivity contribution >= 4 is 32.2 Å². The summed E-state index contributed by atoms with van der Waals surface area (Å²) < 4.78 is 38.4. The highest BCUT2D eigenvalue weighted by Gasteiger charge is 2.28. The van der Waals surface area contributed by atoms with Crippen molar-refractivity contribution in [2.24, 2.45) is 0 Å². The molecule has 0 radical (unpaired) electrons. The fourth-order valence-corrected chi connectivity index (χ4v) is 5.67. The first-order valence-corrected chi connectivity index (χ1v) is 12.6. The van der Waals surface area contributed by atoms with E-state index in [1.54, 1.807) is 42.4 Å². The molecule has 7 nitrogen and oxygen atoms in total. The Labute approximate surface area is 197 Å². The van der Waals surface area contributed by atoms with Crippen molar-refractivity contribution in [2.45, 2.75) is 17.7 Å². The van der Waals surface area contributed by atoms with Gasteiger partial charge in [-0.15, -0.1) is 0 Å². The standard InChI is InChI=1S/C24H23N3O4S2/c1-17-4-14-22(15-5-17)33(28,29)16-27-23(18-6-10-20(30-2)11-7-18)26-24(32-27)25-19-8-12-21(31-3)13-9-19/h4-15H,16H2,1-3H3/p+1. The third-order valence-corrected chi connectivity index (χ3v) is 7.64. The number of rotatable bonds is 8. The lowest BCUT2D eigenvalue weighted by Gasteiger charge is -2.04. The number of aryl methyl sites for hydroxylation is 1. The number of methoxy groups -OCH3 is 2. The molecule has 4 rings (SSSR count). The van der Waals surface area contributed by atoms with Crippen molar-refractivity contribution in [3.63, 3.8) is 0 Å². The van der Waals surface area contributed by atoms with Gasteiger partial charge in [0.05, 0.1) is 24.7 Å². The molecule has 170 valence electrons. The second kappa shape index (κ2) is 9.60. The van der Waals surface area contributed by atoms with Gasteiger partial charge in [0.15, 0.2) is 0 Å². The van der Waals surface area contributed by atoms with Gasteiger partial charge in [-0.25, -0.2) is 8.42 Å². The molecule has 3 aromatic carbocycles. The molecule has 0 saturated heterocycles. The van der Waals surface area contributed by atoms with Gasteiger partial charge in [0.2, 0.25) is 15.7 Å².